The second kappa shape index (κ2) is 7.45. The molecule has 0 N–H and O–H groups in total. The molecular weight excluding hydrogens is 368 g/mol. The molecule has 2 aromatic carbocycles. The van der Waals surface area contributed by atoms with Gasteiger partial charge in [0, 0.05) is 33.7 Å². The SMILES string of the molecule is CCOC(=O)C(C)(C)Oc1ccc2c(-c3ccccc3Cl)cc(=O)oc2c1. The molecule has 140 valence electrons. The second-order valence-electron chi connectivity index (χ2n) is 6.45. The third kappa shape index (κ3) is 3.98. The van der Waals surface area contributed by atoms with Crippen molar-refractivity contribution in [3.63, 3.8) is 0 Å². The van der Waals surface area contributed by atoms with Crippen molar-refractivity contribution in [1.82, 2.24) is 0 Å². The molecule has 3 rings (SSSR count). The van der Waals surface area contributed by atoms with Crippen LogP contribution in [0.3, 0.4) is 0 Å². The topological polar surface area (TPSA) is 65.7 Å². The summed E-state index contributed by atoms with van der Waals surface area (Å²) in [5.74, 6) is -0.0867. The van der Waals surface area contributed by atoms with Crippen LogP contribution in [0.4, 0.5) is 0 Å². The predicted molar refractivity (Wildman–Crippen MR) is 104 cm³/mol. The maximum Gasteiger partial charge on any atom is 0.349 e. The average molecular weight is 387 g/mol. The highest BCUT2D eigenvalue weighted by molar-refractivity contribution is 6.33. The molecule has 0 bridgehead atoms. The van der Waals surface area contributed by atoms with Gasteiger partial charge in [0.2, 0.25) is 0 Å². The van der Waals surface area contributed by atoms with Gasteiger partial charge in [-0.2, -0.15) is 0 Å². The molecule has 0 aliphatic heterocycles. The van der Waals surface area contributed by atoms with Crippen molar-refractivity contribution < 1.29 is 18.7 Å². The summed E-state index contributed by atoms with van der Waals surface area (Å²) >= 11 is 6.29. The van der Waals surface area contributed by atoms with Crippen LogP contribution >= 0.6 is 11.6 Å². The molecule has 0 spiro atoms. The first-order valence-corrected chi connectivity index (χ1v) is 8.88. The van der Waals surface area contributed by atoms with Crippen molar-refractivity contribution in [3.8, 4) is 16.9 Å². The van der Waals surface area contributed by atoms with Crippen molar-refractivity contribution in [2.75, 3.05) is 6.61 Å². The highest BCUT2D eigenvalue weighted by Crippen LogP contribution is 2.34. The maximum absolute atomic E-state index is 12.1. The van der Waals surface area contributed by atoms with Gasteiger partial charge in [0.15, 0.2) is 5.60 Å². The highest BCUT2D eigenvalue weighted by Gasteiger charge is 2.31. The number of halogens is 1. The third-order valence-electron chi connectivity index (χ3n) is 4.02. The lowest BCUT2D eigenvalue weighted by atomic mass is 10.0. The van der Waals surface area contributed by atoms with E-state index in [1.165, 1.54) is 6.07 Å². The first-order chi connectivity index (χ1) is 12.8. The number of esters is 1. The molecule has 0 saturated heterocycles. The van der Waals surface area contributed by atoms with Gasteiger partial charge in [-0.25, -0.2) is 9.59 Å². The molecule has 0 atom stereocenters. The lowest BCUT2D eigenvalue weighted by molar-refractivity contribution is -0.158. The molecule has 0 amide bonds. The van der Waals surface area contributed by atoms with E-state index >= 15 is 0 Å². The quantitative estimate of drug-likeness (QED) is 0.464. The zero-order valence-electron chi connectivity index (χ0n) is 15.2. The van der Waals surface area contributed by atoms with Gasteiger partial charge in [-0.1, -0.05) is 29.8 Å². The normalized spacial score (nSPS) is 11.4. The van der Waals surface area contributed by atoms with Gasteiger partial charge in [0.25, 0.3) is 0 Å². The Hall–Kier alpha value is -2.79. The van der Waals surface area contributed by atoms with Crippen LogP contribution in [0.1, 0.15) is 20.8 Å². The Balaban J connectivity index is 2.06. The van der Waals surface area contributed by atoms with Gasteiger partial charge in [-0.3, -0.25) is 0 Å². The standard InChI is InChI=1S/C21H19ClO5/c1-4-25-20(24)21(2,3)27-13-9-10-15-16(12-19(23)26-18(15)11-13)14-7-5-6-8-17(14)22/h5-12H,4H2,1-3H3. The molecule has 1 heterocycles. The number of hydrogen-bond donors (Lipinski definition) is 0. The van der Waals surface area contributed by atoms with E-state index in [4.69, 9.17) is 25.5 Å². The van der Waals surface area contributed by atoms with E-state index in [2.05, 4.69) is 0 Å². The summed E-state index contributed by atoms with van der Waals surface area (Å²) in [5, 5.41) is 1.25. The van der Waals surface area contributed by atoms with Crippen LogP contribution in [-0.4, -0.2) is 18.2 Å². The summed E-state index contributed by atoms with van der Waals surface area (Å²) in [7, 11) is 0. The molecule has 0 aliphatic rings. The van der Waals surface area contributed by atoms with Crippen molar-refractivity contribution >= 4 is 28.5 Å². The Bertz CT molecular complexity index is 1050. The van der Waals surface area contributed by atoms with Crippen molar-refractivity contribution in [1.29, 1.82) is 0 Å². The van der Waals surface area contributed by atoms with E-state index in [9.17, 15) is 9.59 Å². The first kappa shape index (κ1) is 19.0. The van der Waals surface area contributed by atoms with Crippen LogP contribution < -0.4 is 10.4 Å². The first-order valence-electron chi connectivity index (χ1n) is 8.51. The van der Waals surface area contributed by atoms with E-state index in [1.54, 1.807) is 45.0 Å². The fourth-order valence-electron chi connectivity index (χ4n) is 2.75. The molecule has 27 heavy (non-hydrogen) atoms. The lowest BCUT2D eigenvalue weighted by Gasteiger charge is -2.24. The molecule has 0 radical (unpaired) electrons. The van der Waals surface area contributed by atoms with Crippen LogP contribution in [0.5, 0.6) is 5.75 Å². The number of carbonyl (C=O) groups is 1. The van der Waals surface area contributed by atoms with Gasteiger partial charge in [-0.05, 0) is 39.0 Å². The fraction of sp³-hybridized carbons (Fsp3) is 0.238. The molecule has 0 fully saturated rings. The summed E-state index contributed by atoms with van der Waals surface area (Å²) in [6.45, 7) is 5.23. The van der Waals surface area contributed by atoms with Gasteiger partial charge in [0.05, 0.1) is 6.61 Å². The van der Waals surface area contributed by atoms with Crippen LogP contribution in [-0.2, 0) is 9.53 Å². The number of rotatable bonds is 5. The number of fused-ring (bicyclic) bond motifs is 1. The molecule has 0 aliphatic carbocycles. The Morgan fingerprint density at radius 1 is 1.11 bits per heavy atom. The van der Waals surface area contributed by atoms with Gasteiger partial charge < -0.3 is 13.9 Å². The van der Waals surface area contributed by atoms with E-state index in [0.717, 1.165) is 5.56 Å². The Kier molecular flexibility index (Phi) is 5.24. The third-order valence-corrected chi connectivity index (χ3v) is 4.35. The summed E-state index contributed by atoms with van der Waals surface area (Å²) in [6.07, 6.45) is 0. The Morgan fingerprint density at radius 3 is 2.56 bits per heavy atom. The van der Waals surface area contributed by atoms with E-state index in [-0.39, 0.29) is 6.61 Å². The summed E-state index contributed by atoms with van der Waals surface area (Å²) in [6, 6.07) is 13.7. The van der Waals surface area contributed by atoms with Gasteiger partial charge in [0.1, 0.15) is 11.3 Å². The second-order valence-corrected chi connectivity index (χ2v) is 6.86. The number of benzene rings is 2. The molecule has 3 aromatic rings. The van der Waals surface area contributed by atoms with Gasteiger partial charge in [-0.15, -0.1) is 0 Å². The summed E-state index contributed by atoms with van der Waals surface area (Å²) in [4.78, 5) is 24.1. The minimum absolute atomic E-state index is 0.263. The van der Waals surface area contributed by atoms with Gasteiger partial charge >= 0.3 is 11.6 Å². The molecule has 1 aromatic heterocycles. The molecule has 6 heteroatoms. The molecular formula is C21H19ClO5. The number of carbonyl (C=O) groups excluding carboxylic acids is 1. The lowest BCUT2D eigenvalue weighted by Crippen LogP contribution is -2.39. The Morgan fingerprint density at radius 2 is 1.85 bits per heavy atom. The van der Waals surface area contributed by atoms with Crippen molar-refractivity contribution in [3.05, 3.63) is 64.0 Å². The largest absolute Gasteiger partial charge is 0.476 e. The number of hydrogen-bond acceptors (Lipinski definition) is 5. The average Bonchev–Trinajstić information content (AvgIpc) is 2.61. The highest BCUT2D eigenvalue weighted by atomic mass is 35.5. The van der Waals surface area contributed by atoms with Crippen molar-refractivity contribution in [2.24, 2.45) is 0 Å². The minimum Gasteiger partial charge on any atom is -0.476 e. The molecule has 0 unspecified atom stereocenters. The smallest absolute Gasteiger partial charge is 0.349 e. The van der Waals surface area contributed by atoms with Crippen LogP contribution in [0.2, 0.25) is 5.02 Å². The molecule has 5 nitrogen and oxygen atoms in total. The van der Waals surface area contributed by atoms with Crippen LogP contribution in [0.15, 0.2) is 57.7 Å². The van der Waals surface area contributed by atoms with Crippen molar-refractivity contribution in [2.45, 2.75) is 26.4 Å². The summed E-state index contributed by atoms with van der Waals surface area (Å²) < 4.78 is 16.1. The Labute approximate surface area is 161 Å². The van der Waals surface area contributed by atoms with E-state index in [1.807, 2.05) is 18.2 Å². The number of ether oxygens (including phenoxy) is 2. The van der Waals surface area contributed by atoms with E-state index < -0.39 is 17.2 Å². The fourth-order valence-corrected chi connectivity index (χ4v) is 2.99. The van der Waals surface area contributed by atoms with Crippen LogP contribution in [0, 0.1) is 0 Å². The zero-order valence-corrected chi connectivity index (χ0v) is 16.0. The minimum atomic E-state index is -1.18. The summed E-state index contributed by atoms with van der Waals surface area (Å²) in [5.41, 5.74) is 0.0686. The predicted octanol–water partition coefficient (Wildman–Crippen LogP) is 4.83. The van der Waals surface area contributed by atoms with Crippen LogP contribution in [0.25, 0.3) is 22.1 Å². The maximum atomic E-state index is 12.1. The molecule has 0 saturated carbocycles. The monoisotopic (exact) mass is 386 g/mol. The van der Waals surface area contributed by atoms with E-state index in [0.29, 0.717) is 27.3 Å². The zero-order chi connectivity index (χ0) is 19.6.